The monoisotopic (exact) mass is 365 g/mol. The van der Waals surface area contributed by atoms with Crippen molar-refractivity contribution < 1.29 is 9.59 Å². The van der Waals surface area contributed by atoms with Crippen LogP contribution in [-0.4, -0.2) is 62.3 Å². The molecular weight excluding hydrogens is 342 g/mol. The number of amides is 2. The third kappa shape index (κ3) is 3.32. The lowest BCUT2D eigenvalue weighted by Crippen LogP contribution is -2.50. The van der Waals surface area contributed by atoms with Gasteiger partial charge in [-0.2, -0.15) is 0 Å². The van der Waals surface area contributed by atoms with Gasteiger partial charge in [-0.15, -0.1) is 0 Å². The summed E-state index contributed by atoms with van der Waals surface area (Å²) in [5.41, 5.74) is 3.62. The minimum Gasteiger partial charge on any atom is -0.367 e. The van der Waals surface area contributed by atoms with Crippen LogP contribution >= 0.6 is 0 Å². The van der Waals surface area contributed by atoms with Crippen molar-refractivity contribution in [2.24, 2.45) is 7.05 Å². The molecule has 1 aromatic carbocycles. The predicted molar refractivity (Wildman–Crippen MR) is 102 cm³/mol. The molecule has 140 valence electrons. The van der Waals surface area contributed by atoms with Gasteiger partial charge in [0.15, 0.2) is 0 Å². The van der Waals surface area contributed by atoms with Gasteiger partial charge in [-0.25, -0.2) is 4.98 Å². The van der Waals surface area contributed by atoms with Crippen molar-refractivity contribution in [3.8, 4) is 0 Å². The zero-order valence-electron chi connectivity index (χ0n) is 15.6. The van der Waals surface area contributed by atoms with Crippen LogP contribution < -0.4 is 0 Å². The van der Waals surface area contributed by atoms with Crippen molar-refractivity contribution in [3.05, 3.63) is 53.6 Å². The number of nitrogens with one attached hydrogen (secondary N) is 1. The molecule has 1 fully saturated rings. The average Bonchev–Trinajstić information content (AvgIpc) is 3.30. The molecule has 4 rings (SSSR count). The maximum atomic E-state index is 12.7. The van der Waals surface area contributed by atoms with Gasteiger partial charge in [-0.05, 0) is 30.7 Å². The summed E-state index contributed by atoms with van der Waals surface area (Å²) in [6, 6.07) is 7.78. The molecule has 0 bridgehead atoms. The summed E-state index contributed by atoms with van der Waals surface area (Å²) in [6.07, 6.45) is 3.81. The molecule has 0 spiro atoms. The molecule has 0 saturated carbocycles. The van der Waals surface area contributed by atoms with Crippen molar-refractivity contribution in [1.29, 1.82) is 0 Å². The summed E-state index contributed by atoms with van der Waals surface area (Å²) in [6.45, 7) is 4.24. The summed E-state index contributed by atoms with van der Waals surface area (Å²) in [7, 11) is 1.99. The fourth-order valence-electron chi connectivity index (χ4n) is 3.56. The highest BCUT2D eigenvalue weighted by atomic mass is 16.2. The number of hydrogen-bond donors (Lipinski definition) is 1. The Balaban J connectivity index is 1.37. The summed E-state index contributed by atoms with van der Waals surface area (Å²) in [5, 5.41) is 0. The van der Waals surface area contributed by atoms with Crippen LogP contribution in [0.25, 0.3) is 11.0 Å². The topological polar surface area (TPSA) is 74.2 Å². The van der Waals surface area contributed by atoms with E-state index in [0.717, 1.165) is 22.4 Å². The molecule has 7 nitrogen and oxygen atoms in total. The Bertz CT molecular complexity index is 981. The second kappa shape index (κ2) is 6.90. The first-order chi connectivity index (χ1) is 13.0. The second-order valence-corrected chi connectivity index (χ2v) is 6.99. The minimum atomic E-state index is 0.0133. The van der Waals surface area contributed by atoms with Crippen molar-refractivity contribution in [2.45, 2.75) is 13.3 Å². The zero-order chi connectivity index (χ0) is 19.0. The van der Waals surface area contributed by atoms with Crippen LogP contribution in [0.3, 0.4) is 0 Å². The number of aryl methyl sites for hydroxylation is 2. The Labute approximate surface area is 157 Å². The number of aromatic amines is 1. The predicted octanol–water partition coefficient (Wildman–Crippen LogP) is 1.74. The molecule has 0 atom stereocenters. The first-order valence-corrected chi connectivity index (χ1v) is 9.15. The molecule has 3 heterocycles. The Morgan fingerprint density at radius 1 is 1.11 bits per heavy atom. The number of benzene rings is 1. The number of piperazine rings is 1. The average molecular weight is 365 g/mol. The molecule has 1 saturated heterocycles. The molecule has 3 aromatic rings. The zero-order valence-corrected chi connectivity index (χ0v) is 15.6. The minimum absolute atomic E-state index is 0.0133. The summed E-state index contributed by atoms with van der Waals surface area (Å²) in [5.74, 6) is 1.06. The van der Waals surface area contributed by atoms with E-state index in [2.05, 4.69) is 9.97 Å². The number of carbonyl (C=O) groups excluding carboxylic acids is 2. The van der Waals surface area contributed by atoms with Gasteiger partial charge in [0, 0.05) is 45.6 Å². The smallest absolute Gasteiger partial charge is 0.255 e. The Morgan fingerprint density at radius 2 is 1.85 bits per heavy atom. The molecule has 2 aromatic heterocycles. The van der Waals surface area contributed by atoms with Crippen LogP contribution in [0.1, 0.15) is 21.7 Å². The molecule has 7 heteroatoms. The Morgan fingerprint density at radius 3 is 2.56 bits per heavy atom. The van der Waals surface area contributed by atoms with E-state index < -0.39 is 0 Å². The highest BCUT2D eigenvalue weighted by molar-refractivity contribution is 5.94. The Hall–Kier alpha value is -3.09. The summed E-state index contributed by atoms with van der Waals surface area (Å²) >= 11 is 0. The SMILES string of the molecule is Cc1nc2cc(CC(=O)N3CCN(C(=O)c4cc[nH]c4)CC3)ccc2n1C. The summed E-state index contributed by atoms with van der Waals surface area (Å²) in [4.78, 5) is 36.1. The van der Waals surface area contributed by atoms with E-state index >= 15 is 0 Å². The van der Waals surface area contributed by atoms with E-state index in [1.165, 1.54) is 0 Å². The quantitative estimate of drug-likeness (QED) is 0.768. The molecule has 0 aliphatic carbocycles. The van der Waals surface area contributed by atoms with Crippen molar-refractivity contribution >= 4 is 22.8 Å². The molecule has 0 unspecified atom stereocenters. The van der Waals surface area contributed by atoms with E-state index in [1.54, 1.807) is 23.4 Å². The van der Waals surface area contributed by atoms with E-state index in [0.29, 0.717) is 38.2 Å². The van der Waals surface area contributed by atoms with Gasteiger partial charge in [0.2, 0.25) is 5.91 Å². The van der Waals surface area contributed by atoms with Crippen molar-refractivity contribution in [3.63, 3.8) is 0 Å². The van der Waals surface area contributed by atoms with E-state index in [1.807, 2.05) is 41.6 Å². The number of fused-ring (bicyclic) bond motifs is 1. The van der Waals surface area contributed by atoms with Crippen LogP contribution in [0.15, 0.2) is 36.7 Å². The third-order valence-corrected chi connectivity index (χ3v) is 5.29. The Kier molecular flexibility index (Phi) is 4.43. The van der Waals surface area contributed by atoms with Crippen LogP contribution in [0, 0.1) is 6.92 Å². The number of hydrogen-bond acceptors (Lipinski definition) is 3. The van der Waals surface area contributed by atoms with Gasteiger partial charge in [0.1, 0.15) is 5.82 Å². The van der Waals surface area contributed by atoms with E-state index in [9.17, 15) is 9.59 Å². The third-order valence-electron chi connectivity index (χ3n) is 5.29. The standard InChI is InChI=1S/C20H23N5O2/c1-14-22-17-11-15(3-4-18(17)23(14)2)12-19(26)24-7-9-25(10-8-24)20(27)16-5-6-21-13-16/h3-6,11,13,21H,7-10,12H2,1-2H3. The number of aromatic nitrogens is 3. The van der Waals surface area contributed by atoms with Gasteiger partial charge in [-0.1, -0.05) is 6.07 Å². The van der Waals surface area contributed by atoms with Crippen molar-refractivity contribution in [1.82, 2.24) is 24.3 Å². The van der Waals surface area contributed by atoms with E-state index in [4.69, 9.17) is 0 Å². The second-order valence-electron chi connectivity index (χ2n) is 6.99. The van der Waals surface area contributed by atoms with Crippen LogP contribution in [0.4, 0.5) is 0 Å². The van der Waals surface area contributed by atoms with Gasteiger partial charge in [-0.3, -0.25) is 9.59 Å². The normalized spacial score (nSPS) is 14.7. The number of nitrogens with zero attached hydrogens (tertiary/aromatic N) is 4. The van der Waals surface area contributed by atoms with Crippen LogP contribution in [0.2, 0.25) is 0 Å². The van der Waals surface area contributed by atoms with Gasteiger partial charge >= 0.3 is 0 Å². The molecule has 27 heavy (non-hydrogen) atoms. The highest BCUT2D eigenvalue weighted by Gasteiger charge is 2.25. The molecular formula is C20H23N5O2. The summed E-state index contributed by atoms with van der Waals surface area (Å²) < 4.78 is 2.04. The molecule has 0 radical (unpaired) electrons. The first-order valence-electron chi connectivity index (χ1n) is 9.15. The number of rotatable bonds is 3. The van der Waals surface area contributed by atoms with Gasteiger partial charge in [0.05, 0.1) is 23.0 Å². The maximum absolute atomic E-state index is 12.7. The lowest BCUT2D eigenvalue weighted by atomic mass is 10.1. The molecule has 2 amide bonds. The lowest BCUT2D eigenvalue weighted by molar-refractivity contribution is -0.131. The first kappa shape index (κ1) is 17.3. The fraction of sp³-hybridized carbons (Fsp3) is 0.350. The maximum Gasteiger partial charge on any atom is 0.255 e. The molecule has 1 aliphatic heterocycles. The number of imidazole rings is 1. The van der Waals surface area contributed by atoms with E-state index in [-0.39, 0.29) is 11.8 Å². The van der Waals surface area contributed by atoms with Crippen molar-refractivity contribution in [2.75, 3.05) is 26.2 Å². The highest BCUT2D eigenvalue weighted by Crippen LogP contribution is 2.17. The lowest BCUT2D eigenvalue weighted by Gasteiger charge is -2.34. The van der Waals surface area contributed by atoms with Gasteiger partial charge in [0.25, 0.3) is 5.91 Å². The largest absolute Gasteiger partial charge is 0.367 e. The molecule has 1 N–H and O–H groups in total. The van der Waals surface area contributed by atoms with Gasteiger partial charge < -0.3 is 19.4 Å². The van der Waals surface area contributed by atoms with Crippen LogP contribution in [0.5, 0.6) is 0 Å². The number of carbonyl (C=O) groups is 2. The molecule has 1 aliphatic rings. The van der Waals surface area contributed by atoms with Crippen LogP contribution in [-0.2, 0) is 18.3 Å². The number of H-pyrrole nitrogens is 1. The fourth-order valence-corrected chi connectivity index (χ4v) is 3.56.